The van der Waals surface area contributed by atoms with Gasteiger partial charge in [0, 0.05) is 23.6 Å². The number of anilines is 1. The van der Waals surface area contributed by atoms with E-state index in [-0.39, 0.29) is 0 Å². The van der Waals surface area contributed by atoms with Gasteiger partial charge in [-0.1, -0.05) is 24.3 Å². The Morgan fingerprint density at radius 2 is 1.76 bits per heavy atom. The van der Waals surface area contributed by atoms with Crippen molar-refractivity contribution in [2.45, 2.75) is 13.1 Å². The Balaban J connectivity index is 1.56. The van der Waals surface area contributed by atoms with Crippen molar-refractivity contribution in [3.63, 3.8) is 0 Å². The quantitative estimate of drug-likeness (QED) is 0.492. The zero-order valence-electron chi connectivity index (χ0n) is 15.4. The molecular weight excluding hydrogens is 379 g/mol. The second-order valence-corrected chi connectivity index (χ2v) is 6.67. The number of carbonyl (C=O) groups excluding carboxylic acids is 1. The topological polar surface area (TPSA) is 46.4 Å². The first-order valence-corrected chi connectivity index (χ1v) is 8.85. The van der Waals surface area contributed by atoms with E-state index in [1.54, 1.807) is 24.3 Å². The summed E-state index contributed by atoms with van der Waals surface area (Å²) in [6.07, 6.45) is -0.783. The van der Waals surface area contributed by atoms with Gasteiger partial charge >= 0.3 is 6.18 Å². The Morgan fingerprint density at radius 1 is 1.03 bits per heavy atom. The van der Waals surface area contributed by atoms with Crippen molar-refractivity contribution in [3.8, 4) is 11.3 Å². The van der Waals surface area contributed by atoms with E-state index in [0.717, 1.165) is 34.6 Å². The van der Waals surface area contributed by atoms with Gasteiger partial charge in [-0.05, 0) is 48.9 Å². The normalized spacial score (nSPS) is 11.6. The molecule has 0 saturated heterocycles. The van der Waals surface area contributed by atoms with Crippen LogP contribution in [-0.2, 0) is 6.18 Å². The molecule has 0 atom stereocenters. The minimum atomic E-state index is -4.60. The highest BCUT2D eigenvalue weighted by atomic mass is 19.4. The first-order chi connectivity index (χ1) is 13.8. The maximum absolute atomic E-state index is 13.1. The van der Waals surface area contributed by atoms with Gasteiger partial charge in [0.2, 0.25) is 0 Å². The van der Waals surface area contributed by atoms with E-state index in [1.165, 1.54) is 12.1 Å². The zero-order valence-corrected chi connectivity index (χ0v) is 15.4. The van der Waals surface area contributed by atoms with Gasteiger partial charge in [-0.15, -0.1) is 0 Å². The molecule has 146 valence electrons. The van der Waals surface area contributed by atoms with Crippen LogP contribution in [-0.4, -0.2) is 15.3 Å². The van der Waals surface area contributed by atoms with Crippen molar-refractivity contribution < 1.29 is 18.0 Å². The number of fused-ring (bicyclic) bond motifs is 1. The van der Waals surface area contributed by atoms with Gasteiger partial charge in [0.25, 0.3) is 5.91 Å². The van der Waals surface area contributed by atoms with E-state index in [9.17, 15) is 18.0 Å². The molecule has 1 amide bonds. The lowest BCUT2D eigenvalue weighted by Crippen LogP contribution is -2.18. The van der Waals surface area contributed by atoms with E-state index in [1.807, 2.05) is 35.9 Å². The Hall–Kier alpha value is -3.61. The Morgan fingerprint density at radius 3 is 2.48 bits per heavy atom. The third kappa shape index (κ3) is 3.85. The SMILES string of the molecule is Cc1ccn2cc(-c3ccc(NC(=O)c4ccccc4C(F)(F)F)cc3)nc2c1. The van der Waals surface area contributed by atoms with E-state index < -0.39 is 23.2 Å². The number of amides is 1. The third-order valence-corrected chi connectivity index (χ3v) is 4.53. The van der Waals surface area contributed by atoms with Crippen molar-refractivity contribution >= 4 is 17.2 Å². The molecule has 7 heteroatoms. The molecule has 2 aromatic heterocycles. The minimum absolute atomic E-state index is 0.398. The fraction of sp³-hybridized carbons (Fsp3) is 0.0909. The van der Waals surface area contributed by atoms with Crippen LogP contribution in [0, 0.1) is 6.92 Å². The number of halogens is 3. The molecule has 1 N–H and O–H groups in total. The Labute approximate surface area is 164 Å². The molecule has 2 heterocycles. The number of hydrogen-bond acceptors (Lipinski definition) is 2. The van der Waals surface area contributed by atoms with Gasteiger partial charge < -0.3 is 9.72 Å². The zero-order chi connectivity index (χ0) is 20.6. The van der Waals surface area contributed by atoms with Gasteiger partial charge in [-0.3, -0.25) is 4.79 Å². The van der Waals surface area contributed by atoms with Crippen LogP contribution in [0.4, 0.5) is 18.9 Å². The lowest BCUT2D eigenvalue weighted by Gasteiger charge is -2.12. The van der Waals surface area contributed by atoms with Gasteiger partial charge in [0.15, 0.2) is 0 Å². The maximum Gasteiger partial charge on any atom is 0.417 e. The molecule has 29 heavy (non-hydrogen) atoms. The predicted octanol–water partition coefficient (Wildman–Crippen LogP) is 5.58. The van der Waals surface area contributed by atoms with Crippen LogP contribution in [0.1, 0.15) is 21.5 Å². The highest BCUT2D eigenvalue weighted by Crippen LogP contribution is 2.32. The monoisotopic (exact) mass is 395 g/mol. The van der Waals surface area contributed by atoms with Crippen LogP contribution < -0.4 is 5.32 Å². The summed E-state index contributed by atoms with van der Waals surface area (Å²) in [6.45, 7) is 1.99. The summed E-state index contributed by atoms with van der Waals surface area (Å²) in [5, 5.41) is 2.52. The summed E-state index contributed by atoms with van der Waals surface area (Å²) in [7, 11) is 0. The van der Waals surface area contributed by atoms with E-state index >= 15 is 0 Å². The van der Waals surface area contributed by atoms with Crippen molar-refractivity contribution in [2.75, 3.05) is 5.32 Å². The predicted molar refractivity (Wildman–Crippen MR) is 105 cm³/mol. The smallest absolute Gasteiger partial charge is 0.322 e. The molecule has 0 aliphatic heterocycles. The molecule has 0 saturated carbocycles. The average molecular weight is 395 g/mol. The molecule has 0 unspecified atom stereocenters. The van der Waals surface area contributed by atoms with Crippen molar-refractivity contribution in [1.29, 1.82) is 0 Å². The molecule has 0 radical (unpaired) electrons. The van der Waals surface area contributed by atoms with Crippen LogP contribution in [0.2, 0.25) is 0 Å². The van der Waals surface area contributed by atoms with Crippen LogP contribution in [0.5, 0.6) is 0 Å². The summed E-state index contributed by atoms with van der Waals surface area (Å²) in [4.78, 5) is 16.9. The number of imidazole rings is 1. The molecule has 0 aliphatic rings. The number of nitrogens with zero attached hydrogens (tertiary/aromatic N) is 2. The summed E-state index contributed by atoms with van der Waals surface area (Å²) < 4.78 is 41.2. The van der Waals surface area contributed by atoms with Gasteiger partial charge in [0.05, 0.1) is 16.8 Å². The number of alkyl halides is 3. The van der Waals surface area contributed by atoms with Crippen LogP contribution in [0.25, 0.3) is 16.9 Å². The summed E-state index contributed by atoms with van der Waals surface area (Å²) in [5.74, 6) is -0.811. The molecule has 2 aromatic carbocycles. The molecular formula is C22H16F3N3O. The molecule has 0 fully saturated rings. The van der Waals surface area contributed by atoms with Crippen molar-refractivity contribution in [1.82, 2.24) is 9.38 Å². The van der Waals surface area contributed by atoms with Crippen molar-refractivity contribution in [3.05, 3.63) is 89.7 Å². The first kappa shape index (κ1) is 18.7. The Kier molecular flexibility index (Phi) is 4.58. The number of aromatic nitrogens is 2. The second-order valence-electron chi connectivity index (χ2n) is 6.67. The van der Waals surface area contributed by atoms with Gasteiger partial charge in [0.1, 0.15) is 5.65 Å². The highest BCUT2D eigenvalue weighted by molar-refractivity contribution is 6.05. The molecule has 4 rings (SSSR count). The highest BCUT2D eigenvalue weighted by Gasteiger charge is 2.34. The van der Waals surface area contributed by atoms with Crippen LogP contribution >= 0.6 is 0 Å². The Bertz CT molecular complexity index is 1190. The lowest BCUT2D eigenvalue weighted by molar-refractivity contribution is -0.137. The fourth-order valence-electron chi connectivity index (χ4n) is 3.07. The number of nitrogens with one attached hydrogen (secondary N) is 1. The minimum Gasteiger partial charge on any atom is -0.322 e. The van der Waals surface area contributed by atoms with Gasteiger partial charge in [-0.2, -0.15) is 13.2 Å². The summed E-state index contributed by atoms with van der Waals surface area (Å²) >= 11 is 0. The number of hydrogen-bond donors (Lipinski definition) is 1. The molecule has 0 bridgehead atoms. The fourth-order valence-corrected chi connectivity index (χ4v) is 3.07. The standard InChI is InChI=1S/C22H16F3N3O/c1-14-10-11-28-13-19(27-20(28)12-14)15-6-8-16(9-7-15)26-21(29)17-4-2-3-5-18(17)22(23,24)25/h2-13H,1H3,(H,26,29). The molecule has 4 aromatic rings. The maximum atomic E-state index is 13.1. The van der Waals surface area contributed by atoms with E-state index in [2.05, 4.69) is 10.3 Å². The first-order valence-electron chi connectivity index (χ1n) is 8.85. The summed E-state index contributed by atoms with van der Waals surface area (Å²) in [5.41, 5.74) is 2.54. The molecule has 4 nitrogen and oxygen atoms in total. The van der Waals surface area contributed by atoms with Gasteiger partial charge in [-0.25, -0.2) is 4.98 Å². The summed E-state index contributed by atoms with van der Waals surface area (Å²) in [6, 6.07) is 15.5. The number of carbonyl (C=O) groups is 1. The van der Waals surface area contributed by atoms with Crippen LogP contribution in [0.3, 0.4) is 0 Å². The lowest BCUT2D eigenvalue weighted by atomic mass is 10.1. The third-order valence-electron chi connectivity index (χ3n) is 4.53. The molecule has 0 spiro atoms. The van der Waals surface area contributed by atoms with E-state index in [4.69, 9.17) is 0 Å². The largest absolute Gasteiger partial charge is 0.417 e. The second kappa shape index (κ2) is 7.09. The number of benzene rings is 2. The average Bonchev–Trinajstić information content (AvgIpc) is 3.11. The number of aryl methyl sites for hydroxylation is 1. The number of rotatable bonds is 3. The van der Waals surface area contributed by atoms with E-state index in [0.29, 0.717) is 5.69 Å². The molecule has 0 aliphatic carbocycles. The number of pyridine rings is 1. The van der Waals surface area contributed by atoms with Crippen LogP contribution in [0.15, 0.2) is 73.1 Å². The van der Waals surface area contributed by atoms with Crippen molar-refractivity contribution in [2.24, 2.45) is 0 Å².